The zero-order chi connectivity index (χ0) is 17.8. The van der Waals surface area contributed by atoms with Crippen molar-refractivity contribution in [1.82, 2.24) is 9.78 Å². The summed E-state index contributed by atoms with van der Waals surface area (Å²) in [7, 11) is 1.34. The van der Waals surface area contributed by atoms with Crippen LogP contribution in [-0.4, -0.2) is 28.8 Å². The summed E-state index contributed by atoms with van der Waals surface area (Å²) in [4.78, 5) is 23.6. The fraction of sp³-hybridized carbons (Fsp3) is 0.316. The Morgan fingerprint density at radius 1 is 1.32 bits per heavy atom. The first-order valence-electron chi connectivity index (χ1n) is 8.26. The first-order valence-corrected chi connectivity index (χ1v) is 8.26. The maximum Gasteiger partial charge on any atom is 0.337 e. The highest BCUT2D eigenvalue weighted by Gasteiger charge is 2.23. The van der Waals surface area contributed by atoms with Crippen molar-refractivity contribution < 1.29 is 14.3 Å². The Hall–Kier alpha value is -2.89. The van der Waals surface area contributed by atoms with E-state index >= 15 is 0 Å². The molecule has 1 N–H and O–H groups in total. The quantitative estimate of drug-likeness (QED) is 0.648. The molecule has 2 aromatic rings. The van der Waals surface area contributed by atoms with Gasteiger partial charge in [0.2, 0.25) is 5.91 Å². The summed E-state index contributed by atoms with van der Waals surface area (Å²) in [6.07, 6.45) is 7.41. The molecule has 1 aromatic heterocycles. The van der Waals surface area contributed by atoms with E-state index < -0.39 is 0 Å². The minimum Gasteiger partial charge on any atom is -0.465 e. The van der Waals surface area contributed by atoms with Crippen LogP contribution in [0.5, 0.6) is 0 Å². The van der Waals surface area contributed by atoms with E-state index in [-0.39, 0.29) is 11.9 Å². The van der Waals surface area contributed by atoms with Crippen LogP contribution in [0.4, 0.5) is 5.82 Å². The van der Waals surface area contributed by atoms with Crippen LogP contribution in [0.25, 0.3) is 6.08 Å². The van der Waals surface area contributed by atoms with E-state index in [2.05, 4.69) is 15.2 Å². The zero-order valence-electron chi connectivity index (χ0n) is 14.4. The predicted molar refractivity (Wildman–Crippen MR) is 95.1 cm³/mol. The normalized spacial score (nSPS) is 13.8. The van der Waals surface area contributed by atoms with Crippen molar-refractivity contribution in [2.75, 3.05) is 12.4 Å². The number of aryl methyl sites for hydroxylation is 1. The summed E-state index contributed by atoms with van der Waals surface area (Å²) in [5.74, 6) is 0.840. The van der Waals surface area contributed by atoms with Gasteiger partial charge in [0.25, 0.3) is 0 Å². The number of nitrogens with one attached hydrogen (secondary N) is 1. The topological polar surface area (TPSA) is 73.2 Å². The molecule has 0 aliphatic heterocycles. The van der Waals surface area contributed by atoms with Gasteiger partial charge in [0, 0.05) is 18.2 Å². The molecule has 1 aliphatic carbocycles. The second kappa shape index (κ2) is 7.34. The molecule has 0 spiro atoms. The highest BCUT2D eigenvalue weighted by Crippen LogP contribution is 2.31. The molecule has 3 rings (SSSR count). The van der Waals surface area contributed by atoms with Gasteiger partial charge in [-0.2, -0.15) is 5.10 Å². The molecule has 0 unspecified atom stereocenters. The van der Waals surface area contributed by atoms with Crippen molar-refractivity contribution in [2.24, 2.45) is 5.92 Å². The van der Waals surface area contributed by atoms with Gasteiger partial charge in [0.1, 0.15) is 5.82 Å². The first kappa shape index (κ1) is 17.0. The zero-order valence-corrected chi connectivity index (χ0v) is 14.4. The van der Waals surface area contributed by atoms with Gasteiger partial charge in [0.15, 0.2) is 0 Å². The van der Waals surface area contributed by atoms with E-state index in [1.807, 2.05) is 11.6 Å². The van der Waals surface area contributed by atoms with E-state index in [4.69, 9.17) is 0 Å². The molecule has 0 bridgehead atoms. The summed E-state index contributed by atoms with van der Waals surface area (Å²) in [6, 6.07) is 6.85. The second-order valence-electron chi connectivity index (χ2n) is 6.24. The number of esters is 1. The Morgan fingerprint density at radius 2 is 2.04 bits per heavy atom. The van der Waals surface area contributed by atoms with E-state index in [0.717, 1.165) is 23.5 Å². The van der Waals surface area contributed by atoms with Gasteiger partial charge in [-0.15, -0.1) is 0 Å². The van der Waals surface area contributed by atoms with Gasteiger partial charge in [-0.25, -0.2) is 9.48 Å². The molecule has 130 valence electrons. The van der Waals surface area contributed by atoms with Crippen molar-refractivity contribution in [3.8, 4) is 0 Å². The number of ether oxygens (including phenoxy) is 1. The van der Waals surface area contributed by atoms with E-state index in [9.17, 15) is 9.59 Å². The maximum atomic E-state index is 12.2. The fourth-order valence-electron chi connectivity index (χ4n) is 2.50. The van der Waals surface area contributed by atoms with Crippen LogP contribution < -0.4 is 5.32 Å². The Morgan fingerprint density at radius 3 is 2.68 bits per heavy atom. The van der Waals surface area contributed by atoms with Crippen LogP contribution in [0.2, 0.25) is 0 Å². The van der Waals surface area contributed by atoms with Crippen LogP contribution in [0, 0.1) is 12.8 Å². The van der Waals surface area contributed by atoms with Crippen molar-refractivity contribution in [2.45, 2.75) is 26.3 Å². The number of benzene rings is 1. The molecule has 25 heavy (non-hydrogen) atoms. The number of rotatable bonds is 6. The molecule has 1 aromatic carbocycles. The van der Waals surface area contributed by atoms with Crippen LogP contribution >= 0.6 is 0 Å². The van der Waals surface area contributed by atoms with Crippen molar-refractivity contribution in [3.63, 3.8) is 0 Å². The molecule has 0 atom stereocenters. The van der Waals surface area contributed by atoms with Crippen LogP contribution in [0.3, 0.4) is 0 Å². The van der Waals surface area contributed by atoms with E-state index in [1.54, 1.807) is 36.5 Å². The summed E-state index contributed by atoms with van der Waals surface area (Å²) in [5, 5.41) is 7.24. The summed E-state index contributed by atoms with van der Waals surface area (Å²) in [5.41, 5.74) is 2.25. The molecule has 1 saturated carbocycles. The highest BCUT2D eigenvalue weighted by atomic mass is 16.5. The Balaban J connectivity index is 1.63. The smallest absolute Gasteiger partial charge is 0.337 e. The number of nitrogens with zero attached hydrogens (tertiary/aromatic N) is 2. The Bertz CT molecular complexity index is 802. The first-order chi connectivity index (χ1) is 12.1. The monoisotopic (exact) mass is 339 g/mol. The Kier molecular flexibility index (Phi) is 4.97. The number of carbonyl (C=O) groups excluding carboxylic acids is 2. The largest absolute Gasteiger partial charge is 0.465 e. The van der Waals surface area contributed by atoms with Crippen molar-refractivity contribution in [3.05, 3.63) is 53.2 Å². The maximum absolute atomic E-state index is 12.2. The third kappa shape index (κ3) is 4.35. The SMILES string of the molecule is COC(=O)c1ccc(C=CC(=O)Nc2c(C)cnn2CC2CC2)cc1. The number of anilines is 1. The lowest BCUT2D eigenvalue weighted by atomic mass is 10.1. The lowest BCUT2D eigenvalue weighted by Crippen LogP contribution is -2.14. The third-order valence-corrected chi connectivity index (χ3v) is 4.15. The van der Waals surface area contributed by atoms with Gasteiger partial charge in [0.05, 0.1) is 18.9 Å². The number of methoxy groups -OCH3 is 1. The molecular formula is C19H21N3O3. The third-order valence-electron chi connectivity index (χ3n) is 4.15. The number of hydrogen-bond acceptors (Lipinski definition) is 4. The number of amides is 1. The summed E-state index contributed by atoms with van der Waals surface area (Å²) in [6.45, 7) is 2.78. The fourth-order valence-corrected chi connectivity index (χ4v) is 2.50. The second-order valence-corrected chi connectivity index (χ2v) is 6.24. The van der Waals surface area contributed by atoms with Gasteiger partial charge in [-0.1, -0.05) is 12.1 Å². The molecular weight excluding hydrogens is 318 g/mol. The van der Waals surface area contributed by atoms with Gasteiger partial charge < -0.3 is 10.1 Å². The molecule has 1 heterocycles. The lowest BCUT2D eigenvalue weighted by Gasteiger charge is -2.08. The van der Waals surface area contributed by atoms with Crippen molar-refractivity contribution >= 4 is 23.8 Å². The van der Waals surface area contributed by atoms with E-state index in [0.29, 0.717) is 11.5 Å². The minimum absolute atomic E-state index is 0.210. The molecule has 1 amide bonds. The van der Waals surface area contributed by atoms with Gasteiger partial charge in [-0.3, -0.25) is 4.79 Å². The van der Waals surface area contributed by atoms with Gasteiger partial charge in [-0.05, 0) is 49.5 Å². The average molecular weight is 339 g/mol. The molecule has 0 saturated heterocycles. The van der Waals surface area contributed by atoms with Crippen molar-refractivity contribution in [1.29, 1.82) is 0 Å². The number of carbonyl (C=O) groups is 2. The Labute approximate surface area is 146 Å². The summed E-state index contributed by atoms with van der Waals surface area (Å²) >= 11 is 0. The molecule has 6 nitrogen and oxygen atoms in total. The predicted octanol–water partition coefficient (Wildman–Crippen LogP) is 3.04. The van der Waals surface area contributed by atoms with Crippen LogP contribution in [-0.2, 0) is 16.1 Å². The standard InChI is InChI=1S/C19H21N3O3/c1-13-11-20-22(12-15-3-4-15)18(13)21-17(23)10-7-14-5-8-16(9-6-14)19(24)25-2/h5-11,15H,3-4,12H2,1-2H3,(H,21,23). The van der Waals surface area contributed by atoms with Gasteiger partial charge >= 0.3 is 5.97 Å². The lowest BCUT2D eigenvalue weighted by molar-refractivity contribution is -0.111. The number of hydrogen-bond donors (Lipinski definition) is 1. The van der Waals surface area contributed by atoms with Crippen LogP contribution in [0.15, 0.2) is 36.5 Å². The summed E-state index contributed by atoms with van der Waals surface area (Å²) < 4.78 is 6.52. The number of aromatic nitrogens is 2. The highest BCUT2D eigenvalue weighted by molar-refractivity contribution is 6.01. The molecule has 1 aliphatic rings. The van der Waals surface area contributed by atoms with E-state index in [1.165, 1.54) is 26.0 Å². The molecule has 6 heteroatoms. The minimum atomic E-state index is -0.382. The molecule has 1 fully saturated rings. The molecule has 0 radical (unpaired) electrons. The van der Waals surface area contributed by atoms with Crippen LogP contribution in [0.1, 0.15) is 34.3 Å². The average Bonchev–Trinajstić information content (AvgIpc) is 3.39.